The predicted molar refractivity (Wildman–Crippen MR) is 212 cm³/mol. The van der Waals surface area contributed by atoms with E-state index in [9.17, 15) is 28.8 Å². The summed E-state index contributed by atoms with van der Waals surface area (Å²) in [5.74, 6) is 4.62. The van der Waals surface area contributed by atoms with Gasteiger partial charge in [-0.2, -0.15) is 5.10 Å². The predicted octanol–water partition coefficient (Wildman–Crippen LogP) is 3.95. The van der Waals surface area contributed by atoms with Crippen molar-refractivity contribution in [2.75, 3.05) is 45.7 Å². The minimum atomic E-state index is -1.03. The van der Waals surface area contributed by atoms with Gasteiger partial charge in [0.1, 0.15) is 16.3 Å². The topological polar surface area (TPSA) is 163 Å². The number of hydrogen-bond acceptors (Lipinski definition) is 10. The standard InChI is InChI=1S/C41H46BrN7O7/c1-46-24-28(22-29(25-46)44-31-23-43-48(3)41(55)36(31)42)26-14-16-27(17-15-26)38(52)47(2)20-9-7-5-4-6-8-10-21-56-33-13-11-12-30-35(33)40(54)49(39(30)53)32-18-19-34(50)45-37(32)51/h11-17,23,28-29,32,44H,5,7-10,18-22,24-25H2,1-3H3,(H,45,50,51)/t28-,29+,32?/m0/s1. The Balaban J connectivity index is 0.891. The van der Waals surface area contributed by atoms with Crippen LogP contribution in [-0.2, 0) is 16.6 Å². The van der Waals surface area contributed by atoms with Crippen LogP contribution in [0.4, 0.5) is 5.69 Å². The van der Waals surface area contributed by atoms with E-state index in [1.165, 1.54) is 16.3 Å². The second-order valence-corrected chi connectivity index (χ2v) is 15.3. The molecule has 3 aliphatic heterocycles. The number of piperidine rings is 2. The molecule has 5 amide bonds. The molecule has 1 unspecified atom stereocenters. The fourth-order valence-electron chi connectivity index (χ4n) is 7.40. The number of amides is 5. The number of carbonyl (C=O) groups is 5. The summed E-state index contributed by atoms with van der Waals surface area (Å²) < 4.78 is 7.64. The molecule has 2 aromatic carbocycles. The third kappa shape index (κ3) is 9.20. The summed E-state index contributed by atoms with van der Waals surface area (Å²) in [5, 5.41) is 9.83. The zero-order chi connectivity index (χ0) is 39.9. The number of aromatic nitrogens is 2. The lowest BCUT2D eigenvalue weighted by Gasteiger charge is -2.37. The molecule has 2 N–H and O–H groups in total. The maximum atomic E-state index is 13.2. The van der Waals surface area contributed by atoms with E-state index in [2.05, 4.69) is 55.5 Å². The molecule has 15 heteroatoms. The van der Waals surface area contributed by atoms with Crippen molar-refractivity contribution in [1.29, 1.82) is 0 Å². The van der Waals surface area contributed by atoms with E-state index >= 15 is 0 Å². The van der Waals surface area contributed by atoms with Gasteiger partial charge >= 0.3 is 0 Å². The number of imide groups is 2. The highest BCUT2D eigenvalue weighted by atomic mass is 79.9. The number of rotatable bonds is 13. The first-order valence-electron chi connectivity index (χ1n) is 18.9. The van der Waals surface area contributed by atoms with Crippen molar-refractivity contribution in [3.8, 4) is 17.6 Å². The fraction of sp³-hybridized carbons (Fsp3) is 0.439. The number of anilines is 1. The van der Waals surface area contributed by atoms with Gasteiger partial charge in [0, 0.05) is 64.6 Å². The molecule has 3 atom stereocenters. The molecule has 0 bridgehead atoms. The number of benzene rings is 2. The van der Waals surface area contributed by atoms with Crippen molar-refractivity contribution < 1.29 is 28.7 Å². The van der Waals surface area contributed by atoms with Crippen LogP contribution in [0.25, 0.3) is 0 Å². The summed E-state index contributed by atoms with van der Waals surface area (Å²) in [6.07, 6.45) is 6.28. The highest BCUT2D eigenvalue weighted by molar-refractivity contribution is 9.10. The van der Waals surface area contributed by atoms with E-state index in [0.29, 0.717) is 48.1 Å². The number of fused-ring (bicyclic) bond motifs is 1. The maximum Gasteiger partial charge on any atom is 0.282 e. The Morgan fingerprint density at radius 3 is 2.50 bits per heavy atom. The molecule has 6 rings (SSSR count). The van der Waals surface area contributed by atoms with Crippen molar-refractivity contribution in [3.63, 3.8) is 0 Å². The molecule has 1 aromatic heterocycles. The Labute approximate surface area is 334 Å². The van der Waals surface area contributed by atoms with Crippen LogP contribution in [0.3, 0.4) is 0 Å². The summed E-state index contributed by atoms with van der Waals surface area (Å²) in [6.45, 7) is 2.64. The van der Waals surface area contributed by atoms with Crippen LogP contribution in [0.1, 0.15) is 93.9 Å². The number of unbranched alkanes of at least 4 members (excludes halogenated alkanes) is 3. The first-order chi connectivity index (χ1) is 26.9. The van der Waals surface area contributed by atoms with Crippen molar-refractivity contribution >= 4 is 51.2 Å². The quantitative estimate of drug-likeness (QED) is 0.147. The SMILES string of the molecule is CN1C[C@H](Nc2cnn(C)c(=O)c2Br)C[C@H](c2ccc(C(=O)N(C)CCCCC#CCCCOc3cccc4c3C(=O)N(C3CCC(=O)NC3=O)C4=O)cc2)C1. The van der Waals surface area contributed by atoms with Crippen LogP contribution in [-0.4, -0.2) is 106 Å². The van der Waals surface area contributed by atoms with Gasteiger partial charge in [0.05, 0.1) is 29.6 Å². The van der Waals surface area contributed by atoms with E-state index in [1.807, 2.05) is 31.3 Å². The molecular formula is C41H46BrN7O7. The minimum absolute atomic E-state index is 0.0234. The molecule has 4 heterocycles. The summed E-state index contributed by atoms with van der Waals surface area (Å²) >= 11 is 3.41. The van der Waals surface area contributed by atoms with Crippen LogP contribution in [0.2, 0.25) is 0 Å². The first kappa shape index (κ1) is 40.3. The van der Waals surface area contributed by atoms with Crippen LogP contribution in [0.15, 0.2) is 57.9 Å². The van der Waals surface area contributed by atoms with Gasteiger partial charge in [-0.15, -0.1) is 11.8 Å². The highest BCUT2D eigenvalue weighted by Crippen LogP contribution is 2.34. The van der Waals surface area contributed by atoms with Crippen molar-refractivity contribution in [2.24, 2.45) is 7.05 Å². The summed E-state index contributed by atoms with van der Waals surface area (Å²) in [7, 11) is 5.52. The van der Waals surface area contributed by atoms with E-state index in [4.69, 9.17) is 4.74 Å². The number of ether oxygens (including phenoxy) is 1. The maximum absolute atomic E-state index is 13.2. The Kier molecular flexibility index (Phi) is 13.0. The van der Waals surface area contributed by atoms with E-state index in [0.717, 1.165) is 37.3 Å². The molecular weight excluding hydrogens is 782 g/mol. The minimum Gasteiger partial charge on any atom is -0.493 e. The Morgan fingerprint density at radius 2 is 1.75 bits per heavy atom. The number of halogens is 1. The van der Waals surface area contributed by atoms with E-state index in [1.54, 1.807) is 30.3 Å². The largest absolute Gasteiger partial charge is 0.493 e. The molecule has 0 spiro atoms. The number of likely N-dealkylation sites (N-methyl/N-ethyl adjacent to an activating group) is 1. The molecule has 56 heavy (non-hydrogen) atoms. The van der Waals surface area contributed by atoms with Crippen molar-refractivity contribution in [1.82, 2.24) is 29.8 Å². The Hall–Kier alpha value is -5.33. The summed E-state index contributed by atoms with van der Waals surface area (Å²) in [5.41, 5.74) is 2.62. The Bertz CT molecular complexity index is 2130. The molecule has 0 radical (unpaired) electrons. The molecule has 0 saturated carbocycles. The van der Waals surface area contributed by atoms with Gasteiger partial charge in [-0.3, -0.25) is 39.0 Å². The third-order valence-electron chi connectivity index (χ3n) is 10.4. The van der Waals surface area contributed by atoms with Crippen LogP contribution in [0, 0.1) is 11.8 Å². The Morgan fingerprint density at radius 1 is 1.00 bits per heavy atom. The lowest BCUT2D eigenvalue weighted by Crippen LogP contribution is -2.54. The highest BCUT2D eigenvalue weighted by Gasteiger charge is 2.46. The number of nitrogens with one attached hydrogen (secondary N) is 2. The van der Waals surface area contributed by atoms with Gasteiger partial charge in [-0.25, -0.2) is 4.68 Å². The second-order valence-electron chi connectivity index (χ2n) is 14.5. The van der Waals surface area contributed by atoms with Gasteiger partial charge in [0.25, 0.3) is 23.3 Å². The van der Waals surface area contributed by atoms with E-state index in [-0.39, 0.29) is 53.1 Å². The lowest BCUT2D eigenvalue weighted by molar-refractivity contribution is -0.136. The van der Waals surface area contributed by atoms with Crippen molar-refractivity contribution in [3.05, 3.63) is 85.7 Å². The molecule has 294 valence electrons. The van der Waals surface area contributed by atoms with Crippen molar-refractivity contribution in [2.45, 2.75) is 69.4 Å². The van der Waals surface area contributed by atoms with Gasteiger partial charge in [0.2, 0.25) is 11.8 Å². The average Bonchev–Trinajstić information content (AvgIpc) is 3.44. The first-order valence-corrected chi connectivity index (χ1v) is 19.7. The zero-order valence-electron chi connectivity index (χ0n) is 31.8. The van der Waals surface area contributed by atoms with Crippen LogP contribution >= 0.6 is 15.9 Å². The van der Waals surface area contributed by atoms with Gasteiger partial charge in [0.15, 0.2) is 0 Å². The monoisotopic (exact) mass is 827 g/mol. The molecule has 2 fully saturated rings. The average molecular weight is 829 g/mol. The number of carbonyl (C=O) groups excluding carboxylic acids is 5. The van der Waals surface area contributed by atoms with E-state index < -0.39 is 29.7 Å². The normalized spacial score (nSPS) is 19.6. The lowest BCUT2D eigenvalue weighted by atomic mass is 9.87. The van der Waals surface area contributed by atoms with Crippen LogP contribution < -0.4 is 20.9 Å². The molecule has 0 aliphatic carbocycles. The van der Waals surface area contributed by atoms with Gasteiger partial charge < -0.3 is 19.9 Å². The third-order valence-corrected chi connectivity index (χ3v) is 11.1. The smallest absolute Gasteiger partial charge is 0.282 e. The second kappa shape index (κ2) is 18.1. The zero-order valence-corrected chi connectivity index (χ0v) is 33.4. The molecule has 3 aromatic rings. The number of likely N-dealkylation sites (tertiary alicyclic amines) is 1. The van der Waals surface area contributed by atoms with Crippen LogP contribution in [0.5, 0.6) is 5.75 Å². The molecule has 14 nitrogen and oxygen atoms in total. The number of aryl methyl sites for hydroxylation is 1. The van der Waals surface area contributed by atoms with Gasteiger partial charge in [-0.05, 0) is 90.8 Å². The summed E-state index contributed by atoms with van der Waals surface area (Å²) in [6, 6.07) is 11.8. The fourth-order valence-corrected chi connectivity index (χ4v) is 7.88. The molecule has 2 saturated heterocycles. The van der Waals surface area contributed by atoms with Gasteiger partial charge in [-0.1, -0.05) is 18.2 Å². The number of nitrogens with zero attached hydrogens (tertiary/aromatic N) is 5. The number of hydrogen-bond donors (Lipinski definition) is 2. The molecule has 3 aliphatic rings. The summed E-state index contributed by atoms with van der Waals surface area (Å²) in [4.78, 5) is 80.6.